The molecule has 0 bridgehead atoms. The van der Waals surface area contributed by atoms with Crippen LogP contribution >= 0.6 is 23.1 Å². The standard InChI is InChI=1S/C17H16N4OS2/c1-11(22)19-13-7-6-12(9-15(13)23-2)14-10-24-17(20-14)21-16-5-3-4-8-18-16/h3-10H,1-2H3,(H,19,22)(H,18,20,21). The first-order chi connectivity index (χ1) is 11.7. The Labute approximate surface area is 148 Å². The minimum absolute atomic E-state index is 0.0754. The van der Waals surface area contributed by atoms with Crippen molar-refractivity contribution in [3.05, 3.63) is 48.0 Å². The first-order valence-corrected chi connectivity index (χ1v) is 9.36. The van der Waals surface area contributed by atoms with Crippen LogP contribution in [0.3, 0.4) is 0 Å². The Balaban J connectivity index is 1.83. The van der Waals surface area contributed by atoms with Crippen LogP contribution in [0.25, 0.3) is 11.3 Å². The minimum atomic E-state index is -0.0754. The lowest BCUT2D eigenvalue weighted by Gasteiger charge is -2.09. The lowest BCUT2D eigenvalue weighted by molar-refractivity contribution is -0.114. The number of thiazole rings is 1. The van der Waals surface area contributed by atoms with E-state index in [0.717, 1.165) is 32.8 Å². The van der Waals surface area contributed by atoms with Crippen LogP contribution in [0.2, 0.25) is 0 Å². The Morgan fingerprint density at radius 2 is 2.12 bits per heavy atom. The predicted octanol–water partition coefficient (Wildman–Crippen LogP) is 4.63. The number of benzene rings is 1. The molecule has 2 aromatic heterocycles. The fourth-order valence-electron chi connectivity index (χ4n) is 2.15. The molecule has 0 aliphatic rings. The van der Waals surface area contributed by atoms with Gasteiger partial charge in [0.1, 0.15) is 5.82 Å². The number of carbonyl (C=O) groups excluding carboxylic acids is 1. The van der Waals surface area contributed by atoms with E-state index in [1.54, 1.807) is 18.0 Å². The molecular weight excluding hydrogens is 340 g/mol. The van der Waals surface area contributed by atoms with E-state index in [1.165, 1.54) is 18.3 Å². The Kier molecular flexibility index (Phi) is 5.12. The molecular formula is C17H16N4OS2. The summed E-state index contributed by atoms with van der Waals surface area (Å²) in [7, 11) is 0. The molecule has 7 heteroatoms. The van der Waals surface area contributed by atoms with Gasteiger partial charge in [0.25, 0.3) is 0 Å². The number of nitrogens with one attached hydrogen (secondary N) is 2. The van der Waals surface area contributed by atoms with Gasteiger partial charge in [-0.1, -0.05) is 12.1 Å². The van der Waals surface area contributed by atoms with E-state index >= 15 is 0 Å². The summed E-state index contributed by atoms with van der Waals surface area (Å²) in [4.78, 5) is 21.1. The van der Waals surface area contributed by atoms with Crippen molar-refractivity contribution in [2.24, 2.45) is 0 Å². The molecule has 0 fully saturated rings. The maximum Gasteiger partial charge on any atom is 0.221 e. The van der Waals surface area contributed by atoms with Gasteiger partial charge in [0.15, 0.2) is 5.13 Å². The molecule has 0 spiro atoms. The molecule has 1 amide bonds. The quantitative estimate of drug-likeness (QED) is 0.653. The van der Waals surface area contributed by atoms with Gasteiger partial charge in [-0.15, -0.1) is 23.1 Å². The molecule has 0 aliphatic heterocycles. The van der Waals surface area contributed by atoms with Gasteiger partial charge >= 0.3 is 0 Å². The van der Waals surface area contributed by atoms with Gasteiger partial charge < -0.3 is 10.6 Å². The van der Waals surface area contributed by atoms with Crippen LogP contribution < -0.4 is 10.6 Å². The van der Waals surface area contributed by atoms with Crippen molar-refractivity contribution in [1.82, 2.24) is 9.97 Å². The second kappa shape index (κ2) is 7.46. The third-order valence-corrected chi connectivity index (χ3v) is 4.75. The number of hydrogen-bond donors (Lipinski definition) is 2. The van der Waals surface area contributed by atoms with Crippen molar-refractivity contribution < 1.29 is 4.79 Å². The van der Waals surface area contributed by atoms with Crippen LogP contribution in [0.4, 0.5) is 16.6 Å². The average molecular weight is 356 g/mol. The third kappa shape index (κ3) is 3.93. The summed E-state index contributed by atoms with van der Waals surface area (Å²) >= 11 is 3.12. The molecule has 2 N–H and O–H groups in total. The fourth-order valence-corrected chi connectivity index (χ4v) is 3.46. The van der Waals surface area contributed by atoms with Crippen molar-refractivity contribution in [3.63, 3.8) is 0 Å². The molecule has 2 heterocycles. The number of carbonyl (C=O) groups is 1. The summed E-state index contributed by atoms with van der Waals surface area (Å²) in [6, 6.07) is 11.6. The van der Waals surface area contributed by atoms with E-state index in [2.05, 4.69) is 20.6 Å². The highest BCUT2D eigenvalue weighted by Gasteiger charge is 2.09. The van der Waals surface area contributed by atoms with E-state index in [0.29, 0.717) is 0 Å². The Morgan fingerprint density at radius 1 is 1.25 bits per heavy atom. The average Bonchev–Trinajstić information content (AvgIpc) is 3.04. The highest BCUT2D eigenvalue weighted by Crippen LogP contribution is 2.33. The topological polar surface area (TPSA) is 66.9 Å². The number of amides is 1. The van der Waals surface area contributed by atoms with Gasteiger partial charge in [-0.25, -0.2) is 9.97 Å². The molecule has 122 valence electrons. The van der Waals surface area contributed by atoms with Gasteiger partial charge in [0, 0.05) is 29.0 Å². The normalized spacial score (nSPS) is 10.4. The zero-order valence-electron chi connectivity index (χ0n) is 13.2. The monoisotopic (exact) mass is 356 g/mol. The van der Waals surface area contributed by atoms with Gasteiger partial charge in [-0.2, -0.15) is 0 Å². The van der Waals surface area contributed by atoms with E-state index in [9.17, 15) is 4.79 Å². The third-order valence-electron chi connectivity index (χ3n) is 3.21. The molecule has 0 saturated heterocycles. The molecule has 0 aliphatic carbocycles. The van der Waals surface area contributed by atoms with E-state index < -0.39 is 0 Å². The molecule has 3 rings (SSSR count). The van der Waals surface area contributed by atoms with Crippen molar-refractivity contribution in [2.45, 2.75) is 11.8 Å². The second-order valence-corrected chi connectivity index (χ2v) is 6.68. The highest BCUT2D eigenvalue weighted by atomic mass is 32.2. The number of thioether (sulfide) groups is 1. The van der Waals surface area contributed by atoms with Gasteiger partial charge in [-0.3, -0.25) is 4.79 Å². The minimum Gasteiger partial charge on any atom is -0.325 e. The van der Waals surface area contributed by atoms with Crippen molar-refractivity contribution >= 4 is 45.6 Å². The van der Waals surface area contributed by atoms with Crippen molar-refractivity contribution in [3.8, 4) is 11.3 Å². The molecule has 5 nitrogen and oxygen atoms in total. The molecule has 1 aromatic carbocycles. The Morgan fingerprint density at radius 3 is 2.83 bits per heavy atom. The van der Waals surface area contributed by atoms with E-state index in [4.69, 9.17) is 0 Å². The molecule has 0 atom stereocenters. The van der Waals surface area contributed by atoms with E-state index in [-0.39, 0.29) is 5.91 Å². The van der Waals surface area contributed by atoms with Gasteiger partial charge in [-0.05, 0) is 30.5 Å². The lowest BCUT2D eigenvalue weighted by atomic mass is 10.1. The first kappa shape index (κ1) is 16.5. The van der Waals surface area contributed by atoms with Crippen LogP contribution in [0.15, 0.2) is 52.9 Å². The molecule has 0 radical (unpaired) electrons. The van der Waals surface area contributed by atoms with Crippen LogP contribution in [0.1, 0.15) is 6.92 Å². The summed E-state index contributed by atoms with van der Waals surface area (Å²) in [6.45, 7) is 1.51. The fraction of sp³-hybridized carbons (Fsp3) is 0.118. The summed E-state index contributed by atoms with van der Waals surface area (Å²) in [5.41, 5.74) is 2.72. The van der Waals surface area contributed by atoms with Crippen molar-refractivity contribution in [1.29, 1.82) is 0 Å². The Hall–Kier alpha value is -2.38. The maximum absolute atomic E-state index is 11.3. The largest absolute Gasteiger partial charge is 0.325 e. The smallest absolute Gasteiger partial charge is 0.221 e. The number of nitrogens with zero attached hydrogens (tertiary/aromatic N) is 2. The predicted molar refractivity (Wildman–Crippen MR) is 101 cm³/mol. The SMILES string of the molecule is CSc1cc(-c2csc(Nc3ccccn3)n2)ccc1NC(C)=O. The number of pyridine rings is 1. The second-order valence-electron chi connectivity index (χ2n) is 4.97. The number of anilines is 3. The zero-order valence-corrected chi connectivity index (χ0v) is 14.9. The lowest BCUT2D eigenvalue weighted by Crippen LogP contribution is -2.06. The van der Waals surface area contributed by atoms with Gasteiger partial charge in [0.05, 0.1) is 11.4 Å². The maximum atomic E-state index is 11.3. The van der Waals surface area contributed by atoms with Crippen LogP contribution in [-0.4, -0.2) is 22.1 Å². The zero-order chi connectivity index (χ0) is 16.9. The van der Waals surface area contributed by atoms with Gasteiger partial charge in [0.2, 0.25) is 5.91 Å². The highest BCUT2D eigenvalue weighted by molar-refractivity contribution is 7.98. The number of hydrogen-bond acceptors (Lipinski definition) is 6. The summed E-state index contributed by atoms with van der Waals surface area (Å²) in [5.74, 6) is 0.692. The summed E-state index contributed by atoms with van der Waals surface area (Å²) in [6.07, 6.45) is 3.72. The number of rotatable bonds is 5. The first-order valence-electron chi connectivity index (χ1n) is 7.25. The Bertz CT molecular complexity index is 849. The van der Waals surface area contributed by atoms with Crippen LogP contribution in [-0.2, 0) is 4.79 Å². The van der Waals surface area contributed by atoms with E-state index in [1.807, 2.05) is 48.0 Å². The van der Waals surface area contributed by atoms with Crippen LogP contribution in [0.5, 0.6) is 0 Å². The summed E-state index contributed by atoms with van der Waals surface area (Å²) < 4.78 is 0. The molecule has 3 aromatic rings. The van der Waals surface area contributed by atoms with Crippen LogP contribution in [0, 0.1) is 0 Å². The molecule has 0 saturated carbocycles. The van der Waals surface area contributed by atoms with Crippen molar-refractivity contribution in [2.75, 3.05) is 16.9 Å². The molecule has 24 heavy (non-hydrogen) atoms. The molecule has 0 unspecified atom stereocenters. The number of aromatic nitrogens is 2. The summed E-state index contributed by atoms with van der Waals surface area (Å²) in [5, 5.41) is 8.83.